The summed E-state index contributed by atoms with van der Waals surface area (Å²) in [4.78, 5) is 23.3. The number of carbonyl (C=O) groups is 2. The highest BCUT2D eigenvalue weighted by molar-refractivity contribution is 6.00. The molecule has 1 aromatic rings. The van der Waals surface area contributed by atoms with Crippen molar-refractivity contribution >= 4 is 17.5 Å². The number of hydrogen-bond donors (Lipinski definition) is 4. The van der Waals surface area contributed by atoms with Gasteiger partial charge < -0.3 is 16.8 Å². The molecule has 0 bridgehead atoms. The van der Waals surface area contributed by atoms with E-state index in [1.165, 1.54) is 0 Å². The predicted octanol–water partition coefficient (Wildman–Crippen LogP) is 0.355. The van der Waals surface area contributed by atoms with Crippen molar-refractivity contribution in [2.24, 2.45) is 11.7 Å². The van der Waals surface area contributed by atoms with E-state index in [2.05, 4.69) is 15.5 Å². The second kappa shape index (κ2) is 5.73. The Morgan fingerprint density at radius 2 is 1.84 bits per heavy atom. The highest BCUT2D eigenvalue weighted by Gasteiger charge is 2.25. The van der Waals surface area contributed by atoms with E-state index in [0.29, 0.717) is 11.4 Å². The summed E-state index contributed by atoms with van der Waals surface area (Å²) in [5.74, 6) is -1.06. The van der Waals surface area contributed by atoms with Gasteiger partial charge in [-0.05, 0) is 11.8 Å². The molecular formula is C12H21N5O2. The van der Waals surface area contributed by atoms with Crippen molar-refractivity contribution in [1.82, 2.24) is 15.5 Å². The highest BCUT2D eigenvalue weighted by atomic mass is 16.2. The maximum atomic E-state index is 12.0. The molecule has 0 aliphatic rings. The SMILES string of the molecule is CC(C)c1[nH]nc(C(=O)NC(C(N)=O)C(C)C)c1N. The second-order valence-electron chi connectivity index (χ2n) is 5.15. The molecular weight excluding hydrogens is 246 g/mol. The number of nitrogens with two attached hydrogens (primary N) is 2. The first-order chi connectivity index (χ1) is 8.75. The zero-order valence-electron chi connectivity index (χ0n) is 11.7. The average molecular weight is 267 g/mol. The van der Waals surface area contributed by atoms with Crippen molar-refractivity contribution in [2.45, 2.75) is 39.7 Å². The normalized spacial score (nSPS) is 12.7. The van der Waals surface area contributed by atoms with E-state index in [-0.39, 0.29) is 17.5 Å². The van der Waals surface area contributed by atoms with E-state index < -0.39 is 17.9 Å². The van der Waals surface area contributed by atoms with Gasteiger partial charge in [0.1, 0.15) is 6.04 Å². The van der Waals surface area contributed by atoms with Crippen molar-refractivity contribution in [2.75, 3.05) is 5.73 Å². The fraction of sp³-hybridized carbons (Fsp3) is 0.583. The Morgan fingerprint density at radius 1 is 1.26 bits per heavy atom. The Morgan fingerprint density at radius 3 is 2.21 bits per heavy atom. The number of nitrogen functional groups attached to an aromatic ring is 1. The van der Waals surface area contributed by atoms with Crippen LogP contribution in [0, 0.1) is 5.92 Å². The van der Waals surface area contributed by atoms with Gasteiger partial charge in [-0.15, -0.1) is 0 Å². The van der Waals surface area contributed by atoms with Crippen LogP contribution in [0.2, 0.25) is 0 Å². The van der Waals surface area contributed by atoms with Crippen LogP contribution in [0.5, 0.6) is 0 Å². The topological polar surface area (TPSA) is 127 Å². The molecule has 1 heterocycles. The average Bonchev–Trinajstić information content (AvgIpc) is 2.66. The molecule has 0 radical (unpaired) electrons. The van der Waals surface area contributed by atoms with E-state index in [1.807, 2.05) is 13.8 Å². The number of nitrogens with zero attached hydrogens (tertiary/aromatic N) is 1. The molecule has 19 heavy (non-hydrogen) atoms. The first-order valence-electron chi connectivity index (χ1n) is 6.19. The van der Waals surface area contributed by atoms with Crippen molar-refractivity contribution in [1.29, 1.82) is 0 Å². The second-order valence-corrected chi connectivity index (χ2v) is 5.15. The van der Waals surface area contributed by atoms with Gasteiger partial charge in [0.15, 0.2) is 5.69 Å². The molecule has 0 fully saturated rings. The largest absolute Gasteiger partial charge is 0.395 e. The van der Waals surface area contributed by atoms with Gasteiger partial charge in [0.05, 0.1) is 11.4 Å². The lowest BCUT2D eigenvalue weighted by atomic mass is 10.0. The number of anilines is 1. The van der Waals surface area contributed by atoms with Gasteiger partial charge in [0, 0.05) is 0 Å². The van der Waals surface area contributed by atoms with Gasteiger partial charge in [0.2, 0.25) is 5.91 Å². The van der Waals surface area contributed by atoms with E-state index in [9.17, 15) is 9.59 Å². The Kier molecular flexibility index (Phi) is 4.52. The number of aromatic nitrogens is 2. The first kappa shape index (κ1) is 15.0. The van der Waals surface area contributed by atoms with Gasteiger partial charge in [-0.25, -0.2) is 0 Å². The number of primary amides is 1. The van der Waals surface area contributed by atoms with Gasteiger partial charge in [-0.1, -0.05) is 27.7 Å². The third-order valence-corrected chi connectivity index (χ3v) is 2.89. The van der Waals surface area contributed by atoms with Gasteiger partial charge in [-0.2, -0.15) is 5.10 Å². The molecule has 1 unspecified atom stereocenters. The third-order valence-electron chi connectivity index (χ3n) is 2.89. The third kappa shape index (κ3) is 3.24. The maximum Gasteiger partial charge on any atom is 0.274 e. The maximum absolute atomic E-state index is 12.0. The van der Waals surface area contributed by atoms with Crippen LogP contribution < -0.4 is 16.8 Å². The Balaban J connectivity index is 2.92. The molecule has 1 aromatic heterocycles. The zero-order valence-corrected chi connectivity index (χ0v) is 11.7. The van der Waals surface area contributed by atoms with Crippen molar-refractivity contribution in [3.05, 3.63) is 11.4 Å². The molecule has 1 atom stereocenters. The van der Waals surface area contributed by atoms with Crippen molar-refractivity contribution in [3.8, 4) is 0 Å². The minimum absolute atomic E-state index is 0.0931. The molecule has 2 amide bonds. The Labute approximate surface area is 112 Å². The van der Waals surface area contributed by atoms with E-state index >= 15 is 0 Å². The molecule has 7 nitrogen and oxygen atoms in total. The number of amides is 2. The van der Waals surface area contributed by atoms with Gasteiger partial charge in [-0.3, -0.25) is 14.7 Å². The summed E-state index contributed by atoms with van der Waals surface area (Å²) >= 11 is 0. The minimum atomic E-state index is -0.744. The molecule has 7 heteroatoms. The van der Waals surface area contributed by atoms with Crippen LogP contribution >= 0.6 is 0 Å². The van der Waals surface area contributed by atoms with E-state index in [4.69, 9.17) is 11.5 Å². The van der Waals surface area contributed by atoms with E-state index in [1.54, 1.807) is 13.8 Å². The summed E-state index contributed by atoms with van der Waals surface area (Å²) in [6.07, 6.45) is 0. The zero-order chi connectivity index (χ0) is 14.7. The highest BCUT2D eigenvalue weighted by Crippen LogP contribution is 2.22. The van der Waals surface area contributed by atoms with Crippen LogP contribution in [0.4, 0.5) is 5.69 Å². The molecule has 6 N–H and O–H groups in total. The smallest absolute Gasteiger partial charge is 0.274 e. The van der Waals surface area contributed by atoms with E-state index in [0.717, 1.165) is 0 Å². The molecule has 0 aromatic carbocycles. The number of H-pyrrole nitrogens is 1. The van der Waals surface area contributed by atoms with Gasteiger partial charge in [0.25, 0.3) is 5.91 Å². The summed E-state index contributed by atoms with van der Waals surface area (Å²) in [5, 5.41) is 9.18. The Hall–Kier alpha value is -2.05. The lowest BCUT2D eigenvalue weighted by Crippen LogP contribution is -2.47. The Bertz CT molecular complexity index is 478. The lowest BCUT2D eigenvalue weighted by Gasteiger charge is -2.18. The fourth-order valence-corrected chi connectivity index (χ4v) is 1.75. The molecule has 0 aliphatic carbocycles. The lowest BCUT2D eigenvalue weighted by molar-refractivity contribution is -0.120. The van der Waals surface area contributed by atoms with Crippen LogP contribution in [-0.2, 0) is 4.79 Å². The molecule has 0 saturated carbocycles. The van der Waals surface area contributed by atoms with Crippen molar-refractivity contribution in [3.63, 3.8) is 0 Å². The number of carbonyl (C=O) groups excluding carboxylic acids is 2. The summed E-state index contributed by atoms with van der Waals surface area (Å²) < 4.78 is 0. The molecule has 0 aliphatic heterocycles. The van der Waals surface area contributed by atoms with Crippen LogP contribution in [0.3, 0.4) is 0 Å². The van der Waals surface area contributed by atoms with Crippen LogP contribution in [0.1, 0.15) is 49.8 Å². The minimum Gasteiger partial charge on any atom is -0.395 e. The summed E-state index contributed by atoms with van der Waals surface area (Å²) in [6.45, 7) is 7.46. The fourth-order valence-electron chi connectivity index (χ4n) is 1.75. The number of hydrogen-bond acceptors (Lipinski definition) is 4. The van der Waals surface area contributed by atoms with Crippen LogP contribution in [0.25, 0.3) is 0 Å². The molecule has 1 rings (SSSR count). The van der Waals surface area contributed by atoms with Crippen LogP contribution in [0.15, 0.2) is 0 Å². The summed E-state index contributed by atoms with van der Waals surface area (Å²) in [5.41, 5.74) is 12.2. The van der Waals surface area contributed by atoms with Crippen LogP contribution in [-0.4, -0.2) is 28.1 Å². The number of nitrogens with one attached hydrogen (secondary N) is 2. The monoisotopic (exact) mass is 267 g/mol. The molecule has 106 valence electrons. The summed E-state index contributed by atoms with van der Waals surface area (Å²) in [6, 6.07) is -0.744. The number of rotatable bonds is 5. The standard InChI is InChI=1S/C12H21N5O2/c1-5(2)8-7(13)10(17-16-8)12(19)15-9(6(3)4)11(14)18/h5-6,9H,13H2,1-4H3,(H2,14,18)(H,15,19)(H,16,17). The first-order valence-corrected chi connectivity index (χ1v) is 6.19. The van der Waals surface area contributed by atoms with Gasteiger partial charge >= 0.3 is 0 Å². The predicted molar refractivity (Wildman–Crippen MR) is 72.4 cm³/mol. The molecule has 0 spiro atoms. The summed E-state index contributed by atoms with van der Waals surface area (Å²) in [7, 11) is 0. The number of aromatic amines is 1. The quantitative estimate of drug-likeness (QED) is 0.614. The van der Waals surface area contributed by atoms with Crippen molar-refractivity contribution < 1.29 is 9.59 Å². The molecule has 0 saturated heterocycles.